The van der Waals surface area contributed by atoms with Crippen molar-refractivity contribution in [2.75, 3.05) is 0 Å². The van der Waals surface area contributed by atoms with E-state index >= 15 is 0 Å². The molecule has 0 saturated heterocycles. The zero-order valence-electron chi connectivity index (χ0n) is 9.84. The molecule has 1 amide bonds. The van der Waals surface area contributed by atoms with Crippen LogP contribution < -0.4 is 0 Å². The van der Waals surface area contributed by atoms with Crippen LogP contribution in [0.1, 0.15) is 27.7 Å². The molecule has 1 aromatic carbocycles. The first kappa shape index (κ1) is 11.5. The number of carbonyl (C=O) groups excluding carboxylic acids is 1. The molecule has 0 aliphatic carbocycles. The minimum absolute atomic E-state index is 0.195. The highest BCUT2D eigenvalue weighted by atomic mass is 19.1. The molecule has 3 rings (SSSR count). The number of furan rings is 1. The fourth-order valence-electron chi connectivity index (χ4n) is 2.27. The smallest absolute Gasteiger partial charge is 0.256 e. The average molecular weight is 256 g/mol. The number of hydrogen-bond acceptors (Lipinski definition) is 3. The lowest BCUT2D eigenvalue weighted by Gasteiger charge is -2.18. The van der Waals surface area contributed by atoms with Crippen molar-refractivity contribution in [3.63, 3.8) is 0 Å². The van der Waals surface area contributed by atoms with Crippen LogP contribution in [0.4, 0.5) is 4.39 Å². The fourth-order valence-corrected chi connectivity index (χ4v) is 2.27. The van der Waals surface area contributed by atoms with Gasteiger partial charge in [-0.15, -0.1) is 0 Å². The van der Waals surface area contributed by atoms with Gasteiger partial charge in [0.25, 0.3) is 5.91 Å². The van der Waals surface area contributed by atoms with Gasteiger partial charge in [0, 0.05) is 11.1 Å². The Morgan fingerprint density at radius 2 is 2.26 bits per heavy atom. The molecule has 19 heavy (non-hydrogen) atoms. The number of benzene rings is 1. The quantitative estimate of drug-likeness (QED) is 0.829. The van der Waals surface area contributed by atoms with E-state index in [-0.39, 0.29) is 12.5 Å². The summed E-state index contributed by atoms with van der Waals surface area (Å²) < 4.78 is 18.4. The van der Waals surface area contributed by atoms with Gasteiger partial charge in [0.15, 0.2) is 0 Å². The van der Waals surface area contributed by atoms with Crippen molar-refractivity contribution < 1.29 is 13.6 Å². The summed E-state index contributed by atoms with van der Waals surface area (Å²) in [4.78, 5) is 13.6. The Balaban J connectivity index is 2.00. The fraction of sp³-hybridized carbons (Fsp3) is 0.143. The number of carbonyl (C=O) groups is 1. The molecule has 5 heteroatoms. The molecule has 2 aromatic rings. The lowest BCUT2D eigenvalue weighted by Crippen LogP contribution is -2.26. The Labute approximate surface area is 108 Å². The van der Waals surface area contributed by atoms with Crippen LogP contribution in [-0.2, 0) is 6.54 Å². The van der Waals surface area contributed by atoms with Crippen LogP contribution in [0.25, 0.3) is 0 Å². The molecule has 1 unspecified atom stereocenters. The molecule has 2 heterocycles. The lowest BCUT2D eigenvalue weighted by atomic mass is 10.1. The highest BCUT2D eigenvalue weighted by Gasteiger charge is 2.37. The third kappa shape index (κ3) is 1.78. The van der Waals surface area contributed by atoms with E-state index in [1.165, 1.54) is 29.4 Å². The second-order valence-corrected chi connectivity index (χ2v) is 4.28. The number of amides is 1. The Morgan fingerprint density at radius 1 is 1.42 bits per heavy atom. The van der Waals surface area contributed by atoms with Crippen LogP contribution in [0, 0.1) is 17.1 Å². The Morgan fingerprint density at radius 3 is 2.95 bits per heavy atom. The summed E-state index contributed by atoms with van der Waals surface area (Å²) in [5.41, 5.74) is 0.790. The summed E-state index contributed by atoms with van der Waals surface area (Å²) in [6.07, 6.45) is 1.50. The standard InChI is InChI=1S/C14H9FN2O2/c15-9-3-4-11-12(6-9)13(7-16)17(14(11)18)8-10-2-1-5-19-10/h1-6,13H,8H2. The summed E-state index contributed by atoms with van der Waals surface area (Å²) in [5, 5.41) is 9.22. The first-order chi connectivity index (χ1) is 9.20. The molecular formula is C14H9FN2O2. The minimum atomic E-state index is -0.775. The van der Waals surface area contributed by atoms with Gasteiger partial charge in [-0.05, 0) is 30.3 Å². The van der Waals surface area contributed by atoms with Crippen LogP contribution in [0.2, 0.25) is 0 Å². The van der Waals surface area contributed by atoms with Gasteiger partial charge in [0.2, 0.25) is 0 Å². The molecule has 0 bridgehead atoms. The largest absolute Gasteiger partial charge is 0.467 e. The van der Waals surface area contributed by atoms with Crippen molar-refractivity contribution in [2.24, 2.45) is 0 Å². The van der Waals surface area contributed by atoms with E-state index in [4.69, 9.17) is 4.42 Å². The third-order valence-corrected chi connectivity index (χ3v) is 3.14. The van der Waals surface area contributed by atoms with Crippen molar-refractivity contribution in [3.05, 3.63) is 59.3 Å². The first-order valence-corrected chi connectivity index (χ1v) is 5.73. The molecule has 0 spiro atoms. The van der Waals surface area contributed by atoms with Gasteiger partial charge in [-0.1, -0.05) is 0 Å². The summed E-state index contributed by atoms with van der Waals surface area (Å²) in [6.45, 7) is 0.195. The maximum atomic E-state index is 13.2. The molecular weight excluding hydrogens is 247 g/mol. The zero-order chi connectivity index (χ0) is 13.4. The highest BCUT2D eigenvalue weighted by molar-refractivity contribution is 5.99. The van der Waals surface area contributed by atoms with Gasteiger partial charge >= 0.3 is 0 Å². The molecule has 0 N–H and O–H groups in total. The molecule has 4 nitrogen and oxygen atoms in total. The van der Waals surface area contributed by atoms with Gasteiger partial charge in [-0.3, -0.25) is 4.79 Å². The number of nitriles is 1. The zero-order valence-corrected chi connectivity index (χ0v) is 9.84. The van der Waals surface area contributed by atoms with E-state index in [2.05, 4.69) is 0 Å². The van der Waals surface area contributed by atoms with Crippen molar-refractivity contribution >= 4 is 5.91 Å². The SMILES string of the molecule is N#CC1c2cc(F)ccc2C(=O)N1Cc1ccco1. The van der Waals surface area contributed by atoms with Gasteiger partial charge < -0.3 is 9.32 Å². The number of hydrogen-bond donors (Lipinski definition) is 0. The summed E-state index contributed by atoms with van der Waals surface area (Å²) in [7, 11) is 0. The van der Waals surface area contributed by atoms with E-state index < -0.39 is 11.9 Å². The average Bonchev–Trinajstić information content (AvgIpc) is 2.98. The molecule has 1 aliphatic rings. The lowest BCUT2D eigenvalue weighted by molar-refractivity contribution is 0.0732. The normalized spacial score (nSPS) is 17.4. The predicted octanol–water partition coefficient (Wildman–Crippen LogP) is 2.64. The van der Waals surface area contributed by atoms with Gasteiger partial charge in [-0.25, -0.2) is 4.39 Å². The highest BCUT2D eigenvalue weighted by Crippen LogP contribution is 2.34. The minimum Gasteiger partial charge on any atom is -0.467 e. The predicted molar refractivity (Wildman–Crippen MR) is 63.3 cm³/mol. The van der Waals surface area contributed by atoms with E-state index in [1.54, 1.807) is 12.1 Å². The molecule has 1 aliphatic heterocycles. The van der Waals surface area contributed by atoms with E-state index in [0.29, 0.717) is 16.9 Å². The van der Waals surface area contributed by atoms with E-state index in [1.807, 2.05) is 6.07 Å². The van der Waals surface area contributed by atoms with Gasteiger partial charge in [0.05, 0.1) is 18.9 Å². The monoisotopic (exact) mass is 256 g/mol. The van der Waals surface area contributed by atoms with Crippen LogP contribution in [0.5, 0.6) is 0 Å². The van der Waals surface area contributed by atoms with Crippen molar-refractivity contribution in [1.82, 2.24) is 4.90 Å². The van der Waals surface area contributed by atoms with E-state index in [0.717, 1.165) is 0 Å². The van der Waals surface area contributed by atoms with Crippen LogP contribution in [-0.4, -0.2) is 10.8 Å². The van der Waals surface area contributed by atoms with Crippen molar-refractivity contribution in [3.8, 4) is 6.07 Å². The summed E-state index contributed by atoms with van der Waals surface area (Å²) in [5.74, 6) is -0.147. The van der Waals surface area contributed by atoms with Crippen LogP contribution in [0.3, 0.4) is 0 Å². The summed E-state index contributed by atoms with van der Waals surface area (Å²) >= 11 is 0. The third-order valence-electron chi connectivity index (χ3n) is 3.14. The Hall–Kier alpha value is -2.61. The van der Waals surface area contributed by atoms with Crippen LogP contribution >= 0.6 is 0 Å². The second-order valence-electron chi connectivity index (χ2n) is 4.28. The maximum Gasteiger partial charge on any atom is 0.256 e. The van der Waals surface area contributed by atoms with Gasteiger partial charge in [0.1, 0.15) is 17.6 Å². The Kier molecular flexibility index (Phi) is 2.57. The van der Waals surface area contributed by atoms with Gasteiger partial charge in [-0.2, -0.15) is 5.26 Å². The van der Waals surface area contributed by atoms with Crippen molar-refractivity contribution in [2.45, 2.75) is 12.6 Å². The first-order valence-electron chi connectivity index (χ1n) is 5.73. The molecule has 94 valence electrons. The van der Waals surface area contributed by atoms with E-state index in [9.17, 15) is 14.4 Å². The second kappa shape index (κ2) is 4.25. The van der Waals surface area contributed by atoms with Crippen molar-refractivity contribution in [1.29, 1.82) is 5.26 Å². The number of nitrogens with zero attached hydrogens (tertiary/aromatic N) is 2. The number of rotatable bonds is 2. The Bertz CT molecular complexity index is 673. The molecule has 1 aromatic heterocycles. The topological polar surface area (TPSA) is 57.2 Å². The molecule has 0 radical (unpaired) electrons. The molecule has 0 fully saturated rings. The van der Waals surface area contributed by atoms with Crippen LogP contribution in [0.15, 0.2) is 41.0 Å². The number of halogens is 1. The molecule has 1 atom stereocenters. The number of fused-ring (bicyclic) bond motifs is 1. The molecule has 0 saturated carbocycles. The summed E-state index contributed by atoms with van der Waals surface area (Å²) in [6, 6.07) is 8.58. The maximum absolute atomic E-state index is 13.2.